The van der Waals surface area contributed by atoms with E-state index >= 15 is 0 Å². The lowest BCUT2D eigenvalue weighted by molar-refractivity contribution is -0.134. The highest BCUT2D eigenvalue weighted by molar-refractivity contribution is 6.01. The Morgan fingerprint density at radius 1 is 1.12 bits per heavy atom. The molecule has 4 aliphatic carbocycles. The Morgan fingerprint density at radius 3 is 2.48 bits per heavy atom. The van der Waals surface area contributed by atoms with Gasteiger partial charge < -0.3 is 25.3 Å². The Kier molecular flexibility index (Phi) is 8.89. The van der Waals surface area contributed by atoms with Crippen molar-refractivity contribution in [2.24, 2.45) is 30.7 Å². The summed E-state index contributed by atoms with van der Waals surface area (Å²) >= 11 is 0. The van der Waals surface area contributed by atoms with Crippen LogP contribution in [0.2, 0.25) is 0 Å². The number of amides is 3. The van der Waals surface area contributed by atoms with Crippen molar-refractivity contribution in [3.05, 3.63) is 58.8 Å². The minimum Gasteiger partial charge on any atom is -0.466 e. The smallest absolute Gasteiger partial charge is 0.330 e. The van der Waals surface area contributed by atoms with Crippen LogP contribution in [0, 0.1) is 23.7 Å². The molecule has 12 nitrogen and oxygen atoms in total. The lowest BCUT2D eigenvalue weighted by atomic mass is 9.54. The highest BCUT2D eigenvalue weighted by Crippen LogP contribution is 2.53. The zero-order valence-corrected chi connectivity index (χ0v) is 24.0. The molecule has 12 heteroatoms. The Hall–Kier alpha value is -4.22. The van der Waals surface area contributed by atoms with Gasteiger partial charge in [0.2, 0.25) is 11.8 Å². The van der Waals surface area contributed by atoms with E-state index in [2.05, 4.69) is 25.8 Å². The molecule has 4 aliphatic rings. The second-order valence-corrected chi connectivity index (χ2v) is 11.8. The van der Waals surface area contributed by atoms with E-state index < -0.39 is 29.4 Å². The van der Waals surface area contributed by atoms with Crippen LogP contribution in [0.1, 0.15) is 55.3 Å². The van der Waals surface area contributed by atoms with Crippen molar-refractivity contribution in [1.29, 1.82) is 0 Å². The summed E-state index contributed by atoms with van der Waals surface area (Å²) in [6.07, 6.45) is 13.7. The van der Waals surface area contributed by atoms with Gasteiger partial charge >= 0.3 is 5.97 Å². The van der Waals surface area contributed by atoms with Gasteiger partial charge in [0.15, 0.2) is 0 Å². The number of aromatic nitrogens is 3. The highest BCUT2D eigenvalue weighted by Gasteiger charge is 2.48. The highest BCUT2D eigenvalue weighted by atomic mass is 16.5. The van der Waals surface area contributed by atoms with Gasteiger partial charge in [0.1, 0.15) is 18.3 Å². The van der Waals surface area contributed by atoms with Crippen LogP contribution in [-0.2, 0) is 32.7 Å². The number of anilines is 1. The molecule has 3 N–H and O–H groups in total. The summed E-state index contributed by atoms with van der Waals surface area (Å²) in [5, 5.41) is 12.5. The third kappa shape index (κ3) is 6.80. The molecule has 0 unspecified atom stereocenters. The number of nitrogens with zero attached hydrogens (tertiary/aromatic N) is 3. The number of rotatable bonds is 11. The van der Waals surface area contributed by atoms with E-state index in [0.717, 1.165) is 11.8 Å². The maximum Gasteiger partial charge on any atom is 0.330 e. The van der Waals surface area contributed by atoms with Gasteiger partial charge in [0, 0.05) is 31.6 Å². The summed E-state index contributed by atoms with van der Waals surface area (Å²) in [5.74, 6) is 0.779. The second-order valence-electron chi connectivity index (χ2n) is 11.8. The molecular weight excluding hydrogens is 540 g/mol. The maximum atomic E-state index is 13.3. The number of esters is 1. The van der Waals surface area contributed by atoms with E-state index in [1.807, 2.05) is 0 Å². The number of aryl methyl sites for hydroxylation is 1. The van der Waals surface area contributed by atoms with E-state index in [1.54, 1.807) is 19.2 Å². The maximum absolute atomic E-state index is 13.3. The molecule has 4 bridgehead atoms. The first-order valence-corrected chi connectivity index (χ1v) is 14.5. The van der Waals surface area contributed by atoms with Crippen molar-refractivity contribution in [3.63, 3.8) is 0 Å². The van der Waals surface area contributed by atoms with Crippen LogP contribution < -0.4 is 21.5 Å². The summed E-state index contributed by atoms with van der Waals surface area (Å²) < 4.78 is 7.33. The van der Waals surface area contributed by atoms with Crippen LogP contribution in [-0.4, -0.2) is 57.2 Å². The standard InChI is InChI=1S/C30H38N6O6/c1-35-16-22(15-31-35)28(39)32-23(6-3-4-8-26(38)42-2)29(40)33-24-7-5-9-36(30(24)41)17-25(37)34-27-20-11-18-10-19(13-20)14-21(27)12-18/h4-5,7-9,15-16,18-21,23,27H,3,6,10-14,17H2,1-2H3,(H,32,39)(H,33,40)(H,34,37)/b8-4+/t18?,19?,20?,21?,23-,27?/m0/s1. The third-order valence-corrected chi connectivity index (χ3v) is 8.81. The Bertz CT molecular complexity index is 1400. The molecule has 0 aromatic carbocycles. The number of methoxy groups -OCH3 is 1. The van der Waals surface area contributed by atoms with Crippen LogP contribution in [0.3, 0.4) is 0 Å². The fourth-order valence-electron chi connectivity index (χ4n) is 7.08. The van der Waals surface area contributed by atoms with Crippen molar-refractivity contribution in [1.82, 2.24) is 25.0 Å². The zero-order chi connectivity index (χ0) is 29.8. The average Bonchev–Trinajstić information content (AvgIpc) is 3.40. The Morgan fingerprint density at radius 2 is 1.83 bits per heavy atom. The van der Waals surface area contributed by atoms with Crippen LogP contribution >= 0.6 is 0 Å². The molecule has 2 aromatic heterocycles. The van der Waals surface area contributed by atoms with Gasteiger partial charge in [-0.1, -0.05) is 6.08 Å². The van der Waals surface area contributed by atoms with Crippen molar-refractivity contribution >= 4 is 29.4 Å². The van der Waals surface area contributed by atoms with Gasteiger partial charge in [-0.2, -0.15) is 5.10 Å². The Balaban J connectivity index is 1.23. The molecule has 0 aliphatic heterocycles. The van der Waals surface area contributed by atoms with E-state index in [0.29, 0.717) is 11.8 Å². The number of ether oxygens (including phenoxy) is 1. The molecule has 1 atom stereocenters. The van der Waals surface area contributed by atoms with Gasteiger partial charge in [-0.3, -0.25) is 23.9 Å². The van der Waals surface area contributed by atoms with Crippen molar-refractivity contribution in [3.8, 4) is 0 Å². The predicted molar refractivity (Wildman–Crippen MR) is 153 cm³/mol. The van der Waals surface area contributed by atoms with Gasteiger partial charge in [-0.25, -0.2) is 4.79 Å². The molecule has 0 saturated heterocycles. The van der Waals surface area contributed by atoms with Gasteiger partial charge in [-0.15, -0.1) is 0 Å². The second kappa shape index (κ2) is 12.7. The Labute approximate surface area is 243 Å². The van der Waals surface area contributed by atoms with Crippen LogP contribution in [0.15, 0.2) is 47.7 Å². The SMILES string of the molecule is COC(=O)/C=C/CC[C@H](NC(=O)c1cnn(C)c1)C(=O)Nc1cccn(CC(=O)NC2C3CC4CC(C3)CC2C4)c1=O. The summed E-state index contributed by atoms with van der Waals surface area (Å²) in [6, 6.07) is 2.20. The first kappa shape index (κ1) is 29.3. The fraction of sp³-hybridized carbons (Fsp3) is 0.533. The molecule has 0 spiro atoms. The normalized spacial score (nSPS) is 24.8. The lowest BCUT2D eigenvalue weighted by Gasteiger charge is -2.54. The fourth-order valence-corrected chi connectivity index (χ4v) is 7.08. The molecular formula is C30H38N6O6. The van der Waals surface area contributed by atoms with Crippen LogP contribution in [0.25, 0.3) is 0 Å². The number of hydrogen-bond donors (Lipinski definition) is 3. The number of pyridine rings is 1. The average molecular weight is 579 g/mol. The van der Waals surface area contributed by atoms with Crippen LogP contribution in [0.5, 0.6) is 0 Å². The van der Waals surface area contributed by atoms with E-state index in [9.17, 15) is 24.0 Å². The summed E-state index contributed by atoms with van der Waals surface area (Å²) in [4.78, 5) is 63.7. The van der Waals surface area contributed by atoms with Crippen molar-refractivity contribution in [2.45, 2.75) is 63.6 Å². The molecule has 2 heterocycles. The number of carbonyl (C=O) groups excluding carboxylic acids is 4. The number of allylic oxidation sites excluding steroid dienone is 1. The van der Waals surface area contributed by atoms with Crippen molar-refractivity contribution < 1.29 is 23.9 Å². The number of nitrogens with one attached hydrogen (secondary N) is 3. The molecule has 2 aromatic rings. The molecule has 4 saturated carbocycles. The number of carbonyl (C=O) groups is 4. The minimum absolute atomic E-state index is 0.00402. The summed E-state index contributed by atoms with van der Waals surface area (Å²) in [6.45, 7) is -0.148. The lowest BCUT2D eigenvalue weighted by Crippen LogP contribution is -2.56. The van der Waals surface area contributed by atoms with Gasteiger partial charge in [0.05, 0.1) is 18.9 Å². The van der Waals surface area contributed by atoms with E-state index in [4.69, 9.17) is 0 Å². The molecule has 4 fully saturated rings. The number of hydrogen-bond acceptors (Lipinski definition) is 7. The van der Waals surface area contributed by atoms with E-state index in [1.165, 1.54) is 79.2 Å². The first-order chi connectivity index (χ1) is 20.2. The quantitative estimate of drug-likeness (QED) is 0.271. The van der Waals surface area contributed by atoms with Gasteiger partial charge in [0.25, 0.3) is 11.5 Å². The molecule has 0 radical (unpaired) electrons. The first-order valence-electron chi connectivity index (χ1n) is 14.5. The van der Waals surface area contributed by atoms with Crippen LogP contribution in [0.4, 0.5) is 5.69 Å². The van der Waals surface area contributed by atoms with Crippen molar-refractivity contribution in [2.75, 3.05) is 12.4 Å². The third-order valence-electron chi connectivity index (χ3n) is 8.81. The predicted octanol–water partition coefficient (Wildman–Crippen LogP) is 1.77. The topological polar surface area (TPSA) is 153 Å². The minimum atomic E-state index is -1.02. The van der Waals surface area contributed by atoms with E-state index in [-0.39, 0.29) is 42.6 Å². The molecule has 42 heavy (non-hydrogen) atoms. The largest absolute Gasteiger partial charge is 0.466 e. The summed E-state index contributed by atoms with van der Waals surface area (Å²) in [5.41, 5.74) is -0.253. The zero-order valence-electron chi connectivity index (χ0n) is 24.0. The monoisotopic (exact) mass is 578 g/mol. The molecule has 3 amide bonds. The molecule has 6 rings (SSSR count). The van der Waals surface area contributed by atoms with Gasteiger partial charge in [-0.05, 0) is 80.8 Å². The molecule has 224 valence electrons. The summed E-state index contributed by atoms with van der Waals surface area (Å²) in [7, 11) is 2.93.